The Morgan fingerprint density at radius 1 is 1.45 bits per heavy atom. The van der Waals surface area contributed by atoms with E-state index in [-0.39, 0.29) is 6.61 Å². The Hall–Kier alpha value is -1.73. The zero-order valence-corrected chi connectivity index (χ0v) is 13.1. The molecule has 0 bridgehead atoms. The summed E-state index contributed by atoms with van der Waals surface area (Å²) in [6.07, 6.45) is 5.16. The quantitative estimate of drug-likeness (QED) is 0.830. The van der Waals surface area contributed by atoms with E-state index in [1.807, 2.05) is 10.9 Å². The van der Waals surface area contributed by atoms with Gasteiger partial charge in [-0.05, 0) is 25.5 Å². The molecule has 0 radical (unpaired) electrons. The highest BCUT2D eigenvalue weighted by molar-refractivity contribution is 5.08. The lowest BCUT2D eigenvalue weighted by Gasteiger charge is -2.31. The fourth-order valence-electron chi connectivity index (χ4n) is 3.04. The SMILES string of the molecule is CCc1n[nH]c(CN2CCC[C@H](c3ccn(CCO)n3)C2)n1. The van der Waals surface area contributed by atoms with Crippen LogP contribution in [0.3, 0.4) is 0 Å². The monoisotopic (exact) mass is 304 g/mol. The minimum atomic E-state index is 0.128. The van der Waals surface area contributed by atoms with Crippen LogP contribution < -0.4 is 0 Å². The smallest absolute Gasteiger partial charge is 0.150 e. The standard InChI is InChI=1S/C15H24N6O/c1-2-14-16-15(18-17-14)11-20-6-3-4-12(10-20)13-5-7-21(19-13)8-9-22/h5,7,12,22H,2-4,6,8-11H2,1H3,(H,16,17,18)/t12-/m0/s1. The normalized spacial score (nSPS) is 19.6. The molecule has 22 heavy (non-hydrogen) atoms. The molecule has 1 atom stereocenters. The molecular formula is C15H24N6O. The first-order valence-electron chi connectivity index (χ1n) is 8.05. The third-order valence-electron chi connectivity index (χ3n) is 4.18. The highest BCUT2D eigenvalue weighted by Gasteiger charge is 2.23. The van der Waals surface area contributed by atoms with Gasteiger partial charge < -0.3 is 5.11 Å². The molecule has 0 aromatic carbocycles. The fourth-order valence-corrected chi connectivity index (χ4v) is 3.04. The third kappa shape index (κ3) is 3.53. The van der Waals surface area contributed by atoms with Crippen molar-refractivity contribution < 1.29 is 5.11 Å². The maximum Gasteiger partial charge on any atom is 0.150 e. The van der Waals surface area contributed by atoms with Crippen LogP contribution in [0.2, 0.25) is 0 Å². The van der Waals surface area contributed by atoms with E-state index >= 15 is 0 Å². The second-order valence-corrected chi connectivity index (χ2v) is 5.85. The first-order chi connectivity index (χ1) is 10.8. The number of H-pyrrole nitrogens is 1. The van der Waals surface area contributed by atoms with E-state index in [4.69, 9.17) is 5.11 Å². The topological polar surface area (TPSA) is 82.9 Å². The molecule has 3 heterocycles. The Balaban J connectivity index is 1.60. The molecule has 120 valence electrons. The van der Waals surface area contributed by atoms with E-state index in [0.29, 0.717) is 12.5 Å². The van der Waals surface area contributed by atoms with Crippen LogP contribution >= 0.6 is 0 Å². The second-order valence-electron chi connectivity index (χ2n) is 5.85. The van der Waals surface area contributed by atoms with Crippen molar-refractivity contribution >= 4 is 0 Å². The summed E-state index contributed by atoms with van der Waals surface area (Å²) in [6, 6.07) is 2.08. The average Bonchev–Trinajstić information content (AvgIpc) is 3.17. The number of likely N-dealkylation sites (tertiary alicyclic amines) is 1. The van der Waals surface area contributed by atoms with Crippen molar-refractivity contribution in [2.24, 2.45) is 0 Å². The largest absolute Gasteiger partial charge is 0.394 e. The predicted molar refractivity (Wildman–Crippen MR) is 82.3 cm³/mol. The van der Waals surface area contributed by atoms with Crippen LogP contribution in [0, 0.1) is 0 Å². The highest BCUT2D eigenvalue weighted by atomic mass is 16.3. The van der Waals surface area contributed by atoms with Gasteiger partial charge in [-0.15, -0.1) is 0 Å². The van der Waals surface area contributed by atoms with Crippen LogP contribution in [0.1, 0.15) is 43.0 Å². The zero-order valence-electron chi connectivity index (χ0n) is 13.1. The molecule has 7 heteroatoms. The molecule has 0 amide bonds. The number of aromatic amines is 1. The number of rotatable bonds is 6. The number of nitrogens with zero attached hydrogens (tertiary/aromatic N) is 5. The van der Waals surface area contributed by atoms with Crippen LogP contribution in [0.25, 0.3) is 0 Å². The molecular weight excluding hydrogens is 280 g/mol. The number of piperidine rings is 1. The highest BCUT2D eigenvalue weighted by Crippen LogP contribution is 2.26. The summed E-state index contributed by atoms with van der Waals surface area (Å²) in [6.45, 7) is 5.67. The van der Waals surface area contributed by atoms with Gasteiger partial charge in [-0.1, -0.05) is 6.92 Å². The number of hydrogen-bond donors (Lipinski definition) is 2. The molecule has 0 saturated carbocycles. The molecule has 1 aliphatic rings. The number of aliphatic hydroxyl groups excluding tert-OH is 1. The van der Waals surface area contributed by atoms with Crippen molar-refractivity contribution in [1.82, 2.24) is 29.9 Å². The van der Waals surface area contributed by atoms with Gasteiger partial charge in [-0.25, -0.2) is 4.98 Å². The summed E-state index contributed by atoms with van der Waals surface area (Å²) in [4.78, 5) is 6.91. The molecule has 2 aromatic heterocycles. The van der Waals surface area contributed by atoms with Crippen molar-refractivity contribution in [3.8, 4) is 0 Å². The van der Waals surface area contributed by atoms with Gasteiger partial charge in [-0.3, -0.25) is 14.7 Å². The van der Waals surface area contributed by atoms with Gasteiger partial charge in [0.05, 0.1) is 25.4 Å². The van der Waals surface area contributed by atoms with Crippen LogP contribution in [0.15, 0.2) is 12.3 Å². The third-order valence-corrected chi connectivity index (χ3v) is 4.18. The van der Waals surface area contributed by atoms with Gasteiger partial charge >= 0.3 is 0 Å². The maximum atomic E-state index is 8.98. The average molecular weight is 304 g/mol. The van der Waals surface area contributed by atoms with Gasteiger partial charge in [-0.2, -0.15) is 10.2 Å². The van der Waals surface area contributed by atoms with E-state index in [1.54, 1.807) is 0 Å². The van der Waals surface area contributed by atoms with Crippen molar-refractivity contribution in [3.05, 3.63) is 29.6 Å². The molecule has 1 saturated heterocycles. The molecule has 0 aliphatic carbocycles. The first kappa shape index (κ1) is 15.2. The molecule has 3 rings (SSSR count). The summed E-state index contributed by atoms with van der Waals surface area (Å²) in [7, 11) is 0. The van der Waals surface area contributed by atoms with E-state index in [9.17, 15) is 0 Å². The van der Waals surface area contributed by atoms with Gasteiger partial charge in [0.15, 0.2) is 0 Å². The maximum absolute atomic E-state index is 8.98. The molecule has 7 nitrogen and oxygen atoms in total. The summed E-state index contributed by atoms with van der Waals surface area (Å²) < 4.78 is 1.82. The molecule has 2 N–H and O–H groups in total. The minimum Gasteiger partial charge on any atom is -0.394 e. The van der Waals surface area contributed by atoms with E-state index < -0.39 is 0 Å². The van der Waals surface area contributed by atoms with E-state index in [1.165, 1.54) is 12.8 Å². The van der Waals surface area contributed by atoms with Crippen molar-refractivity contribution in [2.75, 3.05) is 19.7 Å². The van der Waals surface area contributed by atoms with Crippen LogP contribution in [-0.2, 0) is 19.5 Å². The fraction of sp³-hybridized carbons (Fsp3) is 0.667. The lowest BCUT2D eigenvalue weighted by Crippen LogP contribution is -2.34. The first-order valence-corrected chi connectivity index (χ1v) is 8.05. The zero-order chi connectivity index (χ0) is 15.4. The molecule has 0 spiro atoms. The van der Waals surface area contributed by atoms with Gasteiger partial charge in [0, 0.05) is 25.1 Å². The minimum absolute atomic E-state index is 0.128. The Bertz CT molecular complexity index is 592. The Labute approximate surface area is 130 Å². The summed E-state index contributed by atoms with van der Waals surface area (Å²) in [5.41, 5.74) is 1.13. The van der Waals surface area contributed by atoms with Crippen LogP contribution in [0.4, 0.5) is 0 Å². The summed E-state index contributed by atoms with van der Waals surface area (Å²) >= 11 is 0. The number of nitrogens with one attached hydrogen (secondary N) is 1. The molecule has 0 unspecified atom stereocenters. The molecule has 1 aliphatic heterocycles. The predicted octanol–water partition coefficient (Wildman–Crippen LogP) is 0.935. The second kappa shape index (κ2) is 7.02. The lowest BCUT2D eigenvalue weighted by molar-refractivity contribution is 0.193. The Morgan fingerprint density at radius 3 is 3.14 bits per heavy atom. The van der Waals surface area contributed by atoms with Gasteiger partial charge in [0.2, 0.25) is 0 Å². The number of aromatic nitrogens is 5. The summed E-state index contributed by atoms with van der Waals surface area (Å²) in [5.74, 6) is 2.29. The Kier molecular flexibility index (Phi) is 4.84. The molecule has 1 fully saturated rings. The number of hydrogen-bond acceptors (Lipinski definition) is 5. The summed E-state index contributed by atoms with van der Waals surface area (Å²) in [5, 5.41) is 20.8. The van der Waals surface area contributed by atoms with E-state index in [0.717, 1.165) is 43.4 Å². The number of aliphatic hydroxyl groups is 1. The van der Waals surface area contributed by atoms with Crippen molar-refractivity contribution in [1.29, 1.82) is 0 Å². The van der Waals surface area contributed by atoms with Crippen LogP contribution in [-0.4, -0.2) is 54.7 Å². The Morgan fingerprint density at radius 2 is 2.36 bits per heavy atom. The van der Waals surface area contributed by atoms with E-state index in [2.05, 4.69) is 38.2 Å². The van der Waals surface area contributed by atoms with Crippen molar-refractivity contribution in [2.45, 2.75) is 45.2 Å². The van der Waals surface area contributed by atoms with Crippen molar-refractivity contribution in [3.63, 3.8) is 0 Å². The number of aryl methyl sites for hydroxylation is 1. The molecule has 2 aromatic rings. The van der Waals surface area contributed by atoms with Gasteiger partial charge in [0.25, 0.3) is 0 Å². The van der Waals surface area contributed by atoms with Crippen LogP contribution in [0.5, 0.6) is 0 Å². The lowest BCUT2D eigenvalue weighted by atomic mass is 9.95. The van der Waals surface area contributed by atoms with Gasteiger partial charge in [0.1, 0.15) is 11.6 Å².